The molecular formula is C23H26N2O4. The van der Waals surface area contributed by atoms with Gasteiger partial charge >= 0.3 is 0 Å². The smallest absolute Gasteiger partial charge is 0.262 e. The van der Waals surface area contributed by atoms with Crippen molar-refractivity contribution in [1.29, 1.82) is 0 Å². The summed E-state index contributed by atoms with van der Waals surface area (Å²) in [6.07, 6.45) is 7.20. The first-order valence-electron chi connectivity index (χ1n) is 9.70. The van der Waals surface area contributed by atoms with Crippen LogP contribution < -0.4 is 20.1 Å². The molecule has 0 aliphatic heterocycles. The molecule has 0 radical (unpaired) electrons. The van der Waals surface area contributed by atoms with Gasteiger partial charge in [-0.1, -0.05) is 30.4 Å². The number of hydrogen-bond donors (Lipinski definition) is 2. The van der Waals surface area contributed by atoms with Crippen molar-refractivity contribution in [2.75, 3.05) is 19.0 Å². The number of aryl methyl sites for hydroxylation is 1. The number of allylic oxidation sites excluding steroid dienone is 1. The first kappa shape index (κ1) is 20.5. The molecule has 6 heteroatoms. The van der Waals surface area contributed by atoms with Crippen molar-refractivity contribution in [3.05, 3.63) is 65.7 Å². The van der Waals surface area contributed by atoms with Crippen molar-refractivity contribution >= 4 is 17.5 Å². The molecule has 1 aliphatic rings. The Labute approximate surface area is 170 Å². The number of anilines is 1. The first-order valence-corrected chi connectivity index (χ1v) is 9.70. The minimum atomic E-state index is -0.313. The number of para-hydroxylation sites is 2. The third-order valence-electron chi connectivity index (χ3n) is 4.77. The Balaban J connectivity index is 1.61. The van der Waals surface area contributed by atoms with Crippen LogP contribution in [0.4, 0.5) is 5.69 Å². The van der Waals surface area contributed by atoms with Gasteiger partial charge in [0.05, 0.1) is 7.11 Å². The Morgan fingerprint density at radius 1 is 1.14 bits per heavy atom. The van der Waals surface area contributed by atoms with Gasteiger partial charge in [-0.05, 0) is 56.0 Å². The summed E-state index contributed by atoms with van der Waals surface area (Å²) in [5, 5.41) is 5.84. The summed E-state index contributed by atoms with van der Waals surface area (Å²) in [6.45, 7) is 1.71. The number of carbonyl (C=O) groups excluding carboxylic acids is 2. The van der Waals surface area contributed by atoms with E-state index in [1.807, 2.05) is 31.2 Å². The molecule has 1 aliphatic carbocycles. The van der Waals surface area contributed by atoms with E-state index in [2.05, 4.69) is 16.7 Å². The fourth-order valence-electron chi connectivity index (χ4n) is 3.15. The molecule has 2 aromatic carbocycles. The molecule has 1 atom stereocenters. The van der Waals surface area contributed by atoms with Gasteiger partial charge in [0.1, 0.15) is 0 Å². The SMILES string of the molecule is COc1ccccc1OCC(=O)Nc1cc(C(=O)NC2C=CCCC2)ccc1C. The third-order valence-corrected chi connectivity index (χ3v) is 4.77. The van der Waals surface area contributed by atoms with E-state index in [1.165, 1.54) is 0 Å². The molecule has 0 saturated heterocycles. The third kappa shape index (κ3) is 5.60. The maximum absolute atomic E-state index is 12.5. The summed E-state index contributed by atoms with van der Waals surface area (Å²) in [5.74, 6) is 0.594. The summed E-state index contributed by atoms with van der Waals surface area (Å²) in [7, 11) is 1.55. The van der Waals surface area contributed by atoms with E-state index >= 15 is 0 Å². The maximum atomic E-state index is 12.5. The quantitative estimate of drug-likeness (QED) is 0.699. The number of benzene rings is 2. The number of hydrogen-bond acceptors (Lipinski definition) is 4. The maximum Gasteiger partial charge on any atom is 0.262 e. The zero-order valence-corrected chi connectivity index (χ0v) is 16.7. The standard InChI is InChI=1S/C23H26N2O4/c1-16-12-13-17(23(27)24-18-8-4-3-5-9-18)14-19(16)25-22(26)15-29-21-11-7-6-10-20(21)28-2/h4,6-8,10-14,18H,3,5,9,15H2,1-2H3,(H,24,27)(H,25,26). The summed E-state index contributed by atoms with van der Waals surface area (Å²) < 4.78 is 10.8. The molecule has 0 heterocycles. The molecule has 3 rings (SSSR count). The number of ether oxygens (including phenoxy) is 2. The van der Waals surface area contributed by atoms with Gasteiger partial charge in [0, 0.05) is 17.3 Å². The van der Waals surface area contributed by atoms with E-state index in [1.54, 1.807) is 31.4 Å². The highest BCUT2D eigenvalue weighted by atomic mass is 16.5. The largest absolute Gasteiger partial charge is 0.493 e. The van der Waals surface area contributed by atoms with Crippen molar-refractivity contribution in [2.45, 2.75) is 32.2 Å². The van der Waals surface area contributed by atoms with Crippen LogP contribution in [0.1, 0.15) is 35.2 Å². The average molecular weight is 394 g/mol. The van der Waals surface area contributed by atoms with Gasteiger partial charge in [-0.3, -0.25) is 9.59 Å². The normalized spacial score (nSPS) is 15.4. The van der Waals surface area contributed by atoms with Crippen molar-refractivity contribution in [3.8, 4) is 11.5 Å². The molecule has 6 nitrogen and oxygen atoms in total. The lowest BCUT2D eigenvalue weighted by Crippen LogP contribution is -2.34. The average Bonchev–Trinajstić information content (AvgIpc) is 2.74. The number of methoxy groups -OCH3 is 1. The summed E-state index contributed by atoms with van der Waals surface area (Å²) >= 11 is 0. The van der Waals surface area contributed by atoms with Crippen LogP contribution in [-0.4, -0.2) is 31.6 Å². The predicted molar refractivity (Wildman–Crippen MR) is 113 cm³/mol. The molecule has 2 amide bonds. The van der Waals surface area contributed by atoms with Crippen LogP contribution in [0.15, 0.2) is 54.6 Å². The monoisotopic (exact) mass is 394 g/mol. The molecule has 0 spiro atoms. The van der Waals surface area contributed by atoms with Crippen LogP contribution in [0.2, 0.25) is 0 Å². The van der Waals surface area contributed by atoms with Gasteiger partial charge < -0.3 is 20.1 Å². The Morgan fingerprint density at radius 2 is 1.93 bits per heavy atom. The lowest BCUT2D eigenvalue weighted by Gasteiger charge is -2.18. The lowest BCUT2D eigenvalue weighted by atomic mass is 10.0. The minimum absolute atomic E-state index is 0.0600. The molecule has 152 valence electrons. The number of carbonyl (C=O) groups is 2. The highest BCUT2D eigenvalue weighted by Crippen LogP contribution is 2.25. The number of nitrogens with one attached hydrogen (secondary N) is 2. The first-order chi connectivity index (χ1) is 14.1. The van der Waals surface area contributed by atoms with E-state index in [9.17, 15) is 9.59 Å². The van der Waals surface area contributed by atoms with E-state index in [0.29, 0.717) is 22.7 Å². The summed E-state index contributed by atoms with van der Waals surface area (Å²) in [4.78, 5) is 24.9. The molecule has 0 aromatic heterocycles. The molecule has 29 heavy (non-hydrogen) atoms. The van der Waals surface area contributed by atoms with Crippen LogP contribution >= 0.6 is 0 Å². The lowest BCUT2D eigenvalue weighted by molar-refractivity contribution is -0.118. The second-order valence-electron chi connectivity index (χ2n) is 6.96. The van der Waals surface area contributed by atoms with Gasteiger partial charge in [0.25, 0.3) is 11.8 Å². The van der Waals surface area contributed by atoms with Gasteiger partial charge in [0.2, 0.25) is 0 Å². The Bertz CT molecular complexity index is 908. The summed E-state index contributed by atoms with van der Waals surface area (Å²) in [5.41, 5.74) is 1.96. The fraction of sp³-hybridized carbons (Fsp3) is 0.304. The van der Waals surface area contributed by atoms with Crippen LogP contribution in [0.5, 0.6) is 11.5 Å². The minimum Gasteiger partial charge on any atom is -0.493 e. The number of rotatable bonds is 7. The zero-order chi connectivity index (χ0) is 20.6. The second kappa shape index (κ2) is 9.78. The van der Waals surface area contributed by atoms with Crippen molar-refractivity contribution < 1.29 is 19.1 Å². The molecular weight excluding hydrogens is 368 g/mol. The predicted octanol–water partition coefficient (Wildman–Crippen LogP) is 3.86. The van der Waals surface area contributed by atoms with Gasteiger partial charge in [-0.15, -0.1) is 0 Å². The van der Waals surface area contributed by atoms with Crippen LogP contribution in [-0.2, 0) is 4.79 Å². The second-order valence-corrected chi connectivity index (χ2v) is 6.96. The van der Waals surface area contributed by atoms with Crippen LogP contribution in [0, 0.1) is 6.92 Å². The van der Waals surface area contributed by atoms with Gasteiger partial charge in [-0.25, -0.2) is 0 Å². The van der Waals surface area contributed by atoms with Crippen LogP contribution in [0.3, 0.4) is 0 Å². The topological polar surface area (TPSA) is 76.7 Å². The van der Waals surface area contributed by atoms with E-state index in [4.69, 9.17) is 9.47 Å². The highest BCUT2D eigenvalue weighted by Gasteiger charge is 2.15. The van der Waals surface area contributed by atoms with Gasteiger partial charge in [0.15, 0.2) is 18.1 Å². The van der Waals surface area contributed by atoms with E-state index < -0.39 is 0 Å². The molecule has 0 saturated carbocycles. The highest BCUT2D eigenvalue weighted by molar-refractivity contribution is 5.98. The van der Waals surface area contributed by atoms with Crippen molar-refractivity contribution in [3.63, 3.8) is 0 Å². The van der Waals surface area contributed by atoms with Crippen LogP contribution in [0.25, 0.3) is 0 Å². The molecule has 1 unspecified atom stereocenters. The van der Waals surface area contributed by atoms with E-state index in [0.717, 1.165) is 24.8 Å². The number of amides is 2. The fourth-order valence-corrected chi connectivity index (χ4v) is 3.15. The Morgan fingerprint density at radius 3 is 2.66 bits per heavy atom. The van der Waals surface area contributed by atoms with Crippen molar-refractivity contribution in [2.24, 2.45) is 0 Å². The molecule has 0 bridgehead atoms. The summed E-state index contributed by atoms with van der Waals surface area (Å²) in [6, 6.07) is 12.5. The zero-order valence-electron chi connectivity index (χ0n) is 16.7. The van der Waals surface area contributed by atoms with Crippen molar-refractivity contribution in [1.82, 2.24) is 5.32 Å². The Hall–Kier alpha value is -3.28. The van der Waals surface area contributed by atoms with E-state index in [-0.39, 0.29) is 24.5 Å². The van der Waals surface area contributed by atoms with Gasteiger partial charge in [-0.2, -0.15) is 0 Å². The molecule has 2 aromatic rings. The molecule has 0 fully saturated rings. The Kier molecular flexibility index (Phi) is 6.89. The molecule has 2 N–H and O–H groups in total.